The van der Waals surface area contributed by atoms with Gasteiger partial charge in [0.15, 0.2) is 0 Å². The molecule has 0 heterocycles. The van der Waals surface area contributed by atoms with Crippen molar-refractivity contribution in [2.45, 2.75) is 0 Å². The van der Waals surface area contributed by atoms with Crippen molar-refractivity contribution in [2.24, 2.45) is 0 Å². The van der Waals surface area contributed by atoms with E-state index < -0.39 is 29.3 Å². The third-order valence-corrected chi connectivity index (χ3v) is 0.669. The van der Waals surface area contributed by atoms with E-state index in [-0.39, 0.29) is 24.7 Å². The molecule has 0 atom stereocenters. The molecule has 0 radical (unpaired) electrons. The summed E-state index contributed by atoms with van der Waals surface area (Å²) in [6, 6.07) is 8.53. The van der Waals surface area contributed by atoms with Gasteiger partial charge in [-0.25, -0.2) is 0 Å². The van der Waals surface area contributed by atoms with Crippen molar-refractivity contribution in [1.82, 2.24) is 0 Å². The Hall–Kier alpha value is -0.473. The van der Waals surface area contributed by atoms with Crippen LogP contribution in [0.3, 0.4) is 0 Å². The first-order chi connectivity index (χ1) is 10.3. The zero-order valence-corrected chi connectivity index (χ0v) is 12.4. The molecule has 1 aromatic carbocycles. The van der Waals surface area contributed by atoms with Crippen LogP contribution in [-0.4, -0.2) is 89.6 Å². The maximum absolute atomic E-state index is 11.9. The summed E-state index contributed by atoms with van der Waals surface area (Å²) in [6.45, 7) is 0. The van der Waals surface area contributed by atoms with Gasteiger partial charge in [-0.2, -0.15) is 18.2 Å². The molecule has 1 aromatic rings. The molecule has 0 aromatic heterocycles. The van der Waals surface area contributed by atoms with Crippen LogP contribution in [0.1, 0.15) is 0 Å². The van der Waals surface area contributed by atoms with Crippen molar-refractivity contribution in [3.8, 4) is 0 Å². The second kappa shape index (κ2) is 27.4. The maximum atomic E-state index is 11.9. The molecule has 18 heteroatoms. The van der Waals surface area contributed by atoms with Gasteiger partial charge in [0.25, 0.3) is 0 Å². The zero-order valence-electron chi connectivity index (χ0n) is 12.4. The minimum Gasteiger partial charge on any atom is -0.402 e. The Labute approximate surface area is 149 Å². The van der Waals surface area contributed by atoms with Crippen LogP contribution in [-0.2, 0) is 0 Å². The summed E-state index contributed by atoms with van der Waals surface area (Å²) in [6.07, 6.45) is 0. The first-order valence-corrected chi connectivity index (χ1v) is 5.11. The van der Waals surface area contributed by atoms with Crippen molar-refractivity contribution >= 4 is 29.3 Å². The fraction of sp³-hybridized carbons (Fsp3) is 0. The Morgan fingerprint density at radius 3 is 1.00 bits per heavy atom. The van der Waals surface area contributed by atoms with Gasteiger partial charge in [0, 0.05) is 5.82 Å². The Bertz CT molecular complexity index is 276. The van der Waals surface area contributed by atoms with Crippen molar-refractivity contribution < 1.29 is 83.5 Å². The van der Waals surface area contributed by atoms with Gasteiger partial charge in [-0.05, 0) is 0 Å². The third-order valence-electron chi connectivity index (χ3n) is 0.669. The molecule has 0 amide bonds. The summed E-state index contributed by atoms with van der Waals surface area (Å²) >= 11 is 0. The second-order valence-corrected chi connectivity index (χ2v) is 2.61. The van der Waals surface area contributed by atoms with Crippen LogP contribution >= 0.6 is 0 Å². The fourth-order valence-electron chi connectivity index (χ4n) is 0.371. The van der Waals surface area contributed by atoms with E-state index in [4.69, 9.17) is 60.3 Å². The van der Waals surface area contributed by atoms with E-state index >= 15 is 0 Å². The molecule has 0 fully saturated rings. The van der Waals surface area contributed by atoms with Crippen LogP contribution in [0, 0.1) is 11.9 Å². The number of benzene rings is 1. The minimum atomic E-state index is -2.17. The van der Waals surface area contributed by atoms with Crippen molar-refractivity contribution in [3.05, 3.63) is 36.1 Å². The monoisotopic (exact) mass is 350 g/mol. The Morgan fingerprint density at radius 1 is 0.667 bits per heavy atom. The normalized spacial score (nSPS) is 7.04. The van der Waals surface area contributed by atoms with E-state index in [0.29, 0.717) is 0 Å². The van der Waals surface area contributed by atoms with Crippen LogP contribution in [0.4, 0.5) is 4.39 Å². The summed E-state index contributed by atoms with van der Waals surface area (Å²) in [5.74, 6) is -0.234. The Balaban J connectivity index is -0.0000000641. The SMILES string of the molecule is Fc1c[c-]ccc1.OB(O)O.OB(O)O.OB(O)O.OB(O)O.[Li+]. The molecular weight excluding hydrogens is 333 g/mol. The maximum Gasteiger partial charge on any atom is 1.00 e. The van der Waals surface area contributed by atoms with Gasteiger partial charge in [-0.1, -0.05) is 0 Å². The van der Waals surface area contributed by atoms with Crippen molar-refractivity contribution in [1.29, 1.82) is 0 Å². The van der Waals surface area contributed by atoms with E-state index in [0.717, 1.165) is 0 Å². The fourth-order valence-corrected chi connectivity index (χ4v) is 0.371. The predicted octanol–water partition coefficient (Wildman–Crippen LogP) is -9.58. The molecule has 0 saturated heterocycles. The molecule has 0 aliphatic carbocycles. The van der Waals surface area contributed by atoms with Crippen LogP contribution in [0.25, 0.3) is 0 Å². The van der Waals surface area contributed by atoms with E-state index in [9.17, 15) is 4.39 Å². The molecule has 24 heavy (non-hydrogen) atoms. The van der Waals surface area contributed by atoms with E-state index in [1.807, 2.05) is 0 Å². The van der Waals surface area contributed by atoms with Crippen LogP contribution < -0.4 is 18.9 Å². The van der Waals surface area contributed by atoms with Crippen LogP contribution in [0.5, 0.6) is 0 Å². The molecule has 0 unspecified atom stereocenters. The summed E-state index contributed by atoms with van der Waals surface area (Å²) in [5.41, 5.74) is 0. The molecular formula is C6H16B4FLiO12. The first-order valence-electron chi connectivity index (χ1n) is 5.11. The first kappa shape index (κ1) is 34.8. The number of halogens is 1. The molecule has 1 rings (SSSR count). The summed E-state index contributed by atoms with van der Waals surface area (Å²) in [5, 5.41) is 86.0. The van der Waals surface area contributed by atoms with Gasteiger partial charge >= 0.3 is 48.1 Å². The van der Waals surface area contributed by atoms with Crippen LogP contribution in [0.2, 0.25) is 0 Å². The van der Waals surface area contributed by atoms with Crippen molar-refractivity contribution in [3.63, 3.8) is 0 Å². The van der Waals surface area contributed by atoms with Gasteiger partial charge in [0.1, 0.15) is 0 Å². The van der Waals surface area contributed by atoms with Gasteiger partial charge in [0.2, 0.25) is 0 Å². The quantitative estimate of drug-likeness (QED) is 0.154. The molecule has 132 valence electrons. The smallest absolute Gasteiger partial charge is 0.402 e. The zero-order chi connectivity index (χ0) is 19.4. The van der Waals surface area contributed by atoms with Gasteiger partial charge < -0.3 is 60.3 Å². The molecule has 0 aliphatic rings. The van der Waals surface area contributed by atoms with Gasteiger partial charge in [-0.3, -0.25) is 4.39 Å². The summed E-state index contributed by atoms with van der Waals surface area (Å²) in [4.78, 5) is 0. The van der Waals surface area contributed by atoms with E-state index in [1.54, 1.807) is 12.1 Å². The van der Waals surface area contributed by atoms with Crippen LogP contribution in [0.15, 0.2) is 24.3 Å². The number of hydrogen-bond acceptors (Lipinski definition) is 12. The number of rotatable bonds is 0. The largest absolute Gasteiger partial charge is 1.00 e. The van der Waals surface area contributed by atoms with E-state index in [1.165, 1.54) is 12.1 Å². The van der Waals surface area contributed by atoms with Gasteiger partial charge in [-0.15, -0.1) is 12.1 Å². The molecule has 0 aliphatic heterocycles. The molecule has 12 nitrogen and oxygen atoms in total. The third kappa shape index (κ3) is 160. The summed E-state index contributed by atoms with van der Waals surface area (Å²) < 4.78 is 11.9. The van der Waals surface area contributed by atoms with Crippen molar-refractivity contribution in [2.75, 3.05) is 0 Å². The molecule has 0 bridgehead atoms. The van der Waals surface area contributed by atoms with Gasteiger partial charge in [0.05, 0.1) is 0 Å². The van der Waals surface area contributed by atoms with E-state index in [2.05, 4.69) is 6.07 Å². The second-order valence-electron chi connectivity index (χ2n) is 2.61. The minimum absolute atomic E-state index is 0. The molecule has 0 saturated carbocycles. The topological polar surface area (TPSA) is 243 Å². The predicted molar refractivity (Wildman–Crippen MR) is 74.9 cm³/mol. The number of hydrogen-bond donors (Lipinski definition) is 12. The standard InChI is InChI=1S/C6H4F.4BH3O3.Li/c7-6-4-2-1-3-5-6;4*2-1(3)4;/h1-2,4-5H;4*2-4H;/q-1;;;;;+1. The molecule has 0 spiro atoms. The molecule has 12 N–H and O–H groups in total. The Morgan fingerprint density at radius 2 is 0.917 bits per heavy atom. The summed E-state index contributed by atoms with van der Waals surface area (Å²) in [7, 11) is -8.67. The average molecular weight is 349 g/mol. The average Bonchev–Trinajstić information content (AvgIpc) is 2.26. The Kier molecular flexibility index (Phi) is 39.7.